The number of hydrogen-bond acceptors (Lipinski definition) is 16. The predicted octanol–water partition coefficient (Wildman–Crippen LogP) is 3.46. The summed E-state index contributed by atoms with van der Waals surface area (Å²) in [5, 5.41) is 0.995. The van der Waals surface area contributed by atoms with E-state index >= 15 is 0 Å². The van der Waals surface area contributed by atoms with E-state index in [-0.39, 0.29) is 34.0 Å². The first kappa shape index (κ1) is 36.6. The summed E-state index contributed by atoms with van der Waals surface area (Å²) in [6.07, 6.45) is 11.3. The Kier molecular flexibility index (Phi) is 16.5. The van der Waals surface area contributed by atoms with Crippen molar-refractivity contribution in [2.75, 3.05) is 38.6 Å². The Hall–Kier alpha value is -3.41. The molecule has 18 heteroatoms. The molecule has 0 aliphatic carbocycles. The van der Waals surface area contributed by atoms with Crippen molar-refractivity contribution >= 4 is 62.9 Å². The Labute approximate surface area is 256 Å². The number of ether oxygens (including phenoxy) is 3. The fourth-order valence-electron chi connectivity index (χ4n) is 2.36. The van der Waals surface area contributed by atoms with Crippen LogP contribution in [0.5, 0.6) is 0 Å². The van der Waals surface area contributed by atoms with Crippen molar-refractivity contribution in [2.24, 2.45) is 0 Å². The highest BCUT2D eigenvalue weighted by atomic mass is 35.5. The quantitative estimate of drug-likeness (QED) is 0.106. The molecular weight excluding hydrogens is 632 g/mol. The number of thioether (sulfide) groups is 2. The molecule has 3 heterocycles. The monoisotopic (exact) mass is 660 g/mol. The summed E-state index contributed by atoms with van der Waals surface area (Å²) in [4.78, 5) is 56.4. The zero-order valence-corrected chi connectivity index (χ0v) is 26.8. The third-order valence-electron chi connectivity index (χ3n) is 4.19. The molecule has 0 saturated heterocycles. The first-order chi connectivity index (χ1) is 19.9. The highest BCUT2D eigenvalue weighted by Gasteiger charge is 2.14. The van der Waals surface area contributed by atoms with Crippen molar-refractivity contribution in [3.05, 3.63) is 52.8 Å². The highest BCUT2D eigenvalue weighted by Crippen LogP contribution is 2.17. The van der Waals surface area contributed by atoms with Crippen molar-refractivity contribution in [3.8, 4) is 0 Å². The van der Waals surface area contributed by atoms with E-state index in [1.807, 2.05) is 12.5 Å². The van der Waals surface area contributed by atoms with Gasteiger partial charge in [0, 0.05) is 37.2 Å². The second-order valence-corrected chi connectivity index (χ2v) is 11.0. The first-order valence-electron chi connectivity index (χ1n) is 11.9. The molecule has 0 unspecified atom stereocenters. The van der Waals surface area contributed by atoms with Crippen molar-refractivity contribution in [1.82, 2.24) is 29.9 Å². The highest BCUT2D eigenvalue weighted by molar-refractivity contribution is 7.98. The van der Waals surface area contributed by atoms with Gasteiger partial charge in [-0.3, -0.25) is 0 Å². The van der Waals surface area contributed by atoms with Crippen LogP contribution < -0.4 is 0 Å². The molecule has 0 bridgehead atoms. The third kappa shape index (κ3) is 12.6. The fourth-order valence-corrected chi connectivity index (χ4v) is 3.76. The van der Waals surface area contributed by atoms with Gasteiger partial charge in [0.05, 0.1) is 30.9 Å². The van der Waals surface area contributed by atoms with E-state index in [0.717, 1.165) is 18.6 Å². The lowest BCUT2D eigenvalue weighted by molar-refractivity contribution is 0.0515. The normalized spacial score (nSPS) is 10.3. The summed E-state index contributed by atoms with van der Waals surface area (Å²) >= 11 is 8.56. The molecule has 0 saturated carbocycles. The summed E-state index contributed by atoms with van der Waals surface area (Å²) in [6, 6.07) is 0. The van der Waals surface area contributed by atoms with E-state index in [0.29, 0.717) is 29.1 Å². The number of carbonyl (C=O) groups is 3. The van der Waals surface area contributed by atoms with Crippen LogP contribution in [0.15, 0.2) is 46.5 Å². The number of esters is 3. The Morgan fingerprint density at radius 2 is 1.12 bits per heavy atom. The molecule has 3 aromatic rings. The number of carbonyl (C=O) groups excluding carboxylic acids is 3. The van der Waals surface area contributed by atoms with Crippen LogP contribution >= 0.6 is 35.1 Å². The molecule has 14 nitrogen and oxygen atoms in total. The van der Waals surface area contributed by atoms with Crippen molar-refractivity contribution in [1.29, 1.82) is 0 Å². The van der Waals surface area contributed by atoms with Crippen LogP contribution in [-0.4, -0.2) is 94.8 Å². The molecule has 0 aliphatic rings. The average Bonchev–Trinajstić information content (AvgIpc) is 2.97. The smallest absolute Gasteiger partial charge is 0.342 e. The van der Waals surface area contributed by atoms with Crippen LogP contribution in [0.3, 0.4) is 0 Å². The number of sulfone groups is 1. The molecule has 0 fully saturated rings. The minimum atomic E-state index is -3.43. The molecule has 3 aromatic heterocycles. The van der Waals surface area contributed by atoms with E-state index in [2.05, 4.69) is 34.6 Å². The summed E-state index contributed by atoms with van der Waals surface area (Å²) < 4.78 is 36.2. The van der Waals surface area contributed by atoms with E-state index in [4.69, 9.17) is 21.1 Å². The number of hydrogen-bond donors (Lipinski definition) is 0. The lowest BCUT2D eigenvalue weighted by atomic mass is 10.3. The van der Waals surface area contributed by atoms with E-state index in [1.165, 1.54) is 42.1 Å². The molecule has 3 rings (SSSR count). The van der Waals surface area contributed by atoms with Gasteiger partial charge in [-0.15, -0.1) is 0 Å². The van der Waals surface area contributed by atoms with Gasteiger partial charge in [-0.1, -0.05) is 35.1 Å². The number of nitrogens with zero attached hydrogens (tertiary/aromatic N) is 6. The molecule has 0 N–H and O–H groups in total. The maximum absolute atomic E-state index is 11.3. The van der Waals surface area contributed by atoms with Crippen LogP contribution in [0.2, 0.25) is 5.15 Å². The Balaban J connectivity index is 0.000000316. The molecule has 0 spiro atoms. The second kappa shape index (κ2) is 18.9. The first-order valence-corrected chi connectivity index (χ1v) is 16.6. The number of aromatic nitrogens is 6. The molecule has 0 amide bonds. The van der Waals surface area contributed by atoms with Gasteiger partial charge in [-0.05, 0) is 33.3 Å². The van der Waals surface area contributed by atoms with Gasteiger partial charge in [0.15, 0.2) is 10.3 Å². The zero-order valence-electron chi connectivity index (χ0n) is 23.6. The van der Waals surface area contributed by atoms with Gasteiger partial charge in [0.2, 0.25) is 15.0 Å². The predicted molar refractivity (Wildman–Crippen MR) is 156 cm³/mol. The fraction of sp³-hybridized carbons (Fsp3) is 0.375. The molecule has 228 valence electrons. The lowest BCUT2D eigenvalue weighted by Gasteiger charge is -2.03. The molecule has 42 heavy (non-hydrogen) atoms. The van der Waals surface area contributed by atoms with Crippen molar-refractivity contribution in [3.63, 3.8) is 0 Å². The van der Waals surface area contributed by atoms with Crippen LogP contribution in [0.25, 0.3) is 0 Å². The van der Waals surface area contributed by atoms with Gasteiger partial charge < -0.3 is 14.2 Å². The van der Waals surface area contributed by atoms with E-state index < -0.39 is 21.8 Å². The van der Waals surface area contributed by atoms with Gasteiger partial charge in [0.1, 0.15) is 10.7 Å². The SMILES string of the molecule is CCOC(=O)c1cnc(S(C)(=O)=O)nc1.CCOC(=O)c1cnc(SC)nc1.CCOC(=O)c1cnc(SC)nc1Cl. The summed E-state index contributed by atoms with van der Waals surface area (Å²) in [5.74, 6) is -1.45. The standard InChI is InChI=1S/C8H9ClN2O2S.C8H10N2O4S.C8H10N2O2S/c1-3-13-7(12)5-4-10-8(14-2)11-6(5)9;1-3-14-7(11)6-4-9-8(10-5-6)15(2,12)13;1-3-12-7(11)6-4-9-8(13-2)10-5-6/h4H,3H2,1-2H3;4-5H,3H2,1-2H3;4-5H,3H2,1-2H3. The molecular formula is C24H29ClN6O8S3. The van der Waals surface area contributed by atoms with E-state index in [1.54, 1.807) is 20.8 Å². The van der Waals surface area contributed by atoms with Gasteiger partial charge >= 0.3 is 17.9 Å². The third-order valence-corrected chi connectivity index (χ3v) is 6.49. The molecule has 0 atom stereocenters. The van der Waals surface area contributed by atoms with Crippen molar-refractivity contribution in [2.45, 2.75) is 36.2 Å². The number of rotatable bonds is 9. The van der Waals surface area contributed by atoms with E-state index in [9.17, 15) is 22.8 Å². The molecule has 0 aromatic carbocycles. The second-order valence-electron chi connectivity index (χ2n) is 7.21. The maximum Gasteiger partial charge on any atom is 0.342 e. The van der Waals surface area contributed by atoms with Crippen LogP contribution in [0.4, 0.5) is 0 Å². The topological polar surface area (TPSA) is 190 Å². The lowest BCUT2D eigenvalue weighted by Crippen LogP contribution is -2.09. The molecule has 0 aliphatic heterocycles. The zero-order chi connectivity index (χ0) is 31.7. The minimum Gasteiger partial charge on any atom is -0.462 e. The number of halogens is 1. The summed E-state index contributed by atoms with van der Waals surface area (Å²) in [7, 11) is -3.43. The van der Waals surface area contributed by atoms with Crippen LogP contribution in [0.1, 0.15) is 51.8 Å². The Bertz CT molecular complexity index is 1430. The van der Waals surface area contributed by atoms with Crippen LogP contribution in [-0.2, 0) is 24.0 Å². The minimum absolute atomic E-state index is 0.128. The average molecular weight is 661 g/mol. The van der Waals surface area contributed by atoms with Crippen LogP contribution in [0, 0.1) is 0 Å². The Morgan fingerprint density at radius 3 is 1.50 bits per heavy atom. The van der Waals surface area contributed by atoms with Gasteiger partial charge in [-0.2, -0.15) is 0 Å². The summed E-state index contributed by atoms with van der Waals surface area (Å²) in [5.41, 5.74) is 0.718. The van der Waals surface area contributed by atoms with Gasteiger partial charge in [0.25, 0.3) is 0 Å². The Morgan fingerprint density at radius 1 is 0.714 bits per heavy atom. The van der Waals surface area contributed by atoms with Crippen molar-refractivity contribution < 1.29 is 37.0 Å². The van der Waals surface area contributed by atoms with Gasteiger partial charge in [-0.25, -0.2) is 52.7 Å². The largest absolute Gasteiger partial charge is 0.462 e. The summed E-state index contributed by atoms with van der Waals surface area (Å²) in [6.45, 7) is 6.07. The molecule has 0 radical (unpaired) electrons. The maximum atomic E-state index is 11.3.